The molecular formula is C14H9Br2NO4. The lowest BCUT2D eigenvalue weighted by Crippen LogP contribution is -2.13. The molecule has 7 heteroatoms. The Morgan fingerprint density at radius 2 is 1.71 bits per heavy atom. The zero-order valence-corrected chi connectivity index (χ0v) is 13.6. The molecule has 0 saturated carbocycles. The highest BCUT2D eigenvalue weighted by Crippen LogP contribution is 2.25. The Morgan fingerprint density at radius 1 is 1.00 bits per heavy atom. The maximum atomic E-state index is 12.2. The van der Waals surface area contributed by atoms with E-state index in [1.54, 1.807) is 18.2 Å². The predicted molar refractivity (Wildman–Crippen MR) is 84.9 cm³/mol. The standard InChI is InChI=1S/C14H9Br2NO4/c15-7-1-3-11(16)9(5-7)13(19)17-8-2-4-12(18)10(6-8)14(20)21/h1-6,18H,(H,17,19)(H,20,21). The molecule has 0 aromatic heterocycles. The molecule has 2 aromatic carbocycles. The van der Waals surface area contributed by atoms with Gasteiger partial charge >= 0.3 is 5.97 Å². The van der Waals surface area contributed by atoms with Crippen LogP contribution in [0.5, 0.6) is 5.75 Å². The van der Waals surface area contributed by atoms with Crippen molar-refractivity contribution in [2.75, 3.05) is 5.32 Å². The zero-order chi connectivity index (χ0) is 15.6. The molecule has 0 radical (unpaired) electrons. The van der Waals surface area contributed by atoms with E-state index in [4.69, 9.17) is 5.11 Å². The minimum atomic E-state index is -1.27. The van der Waals surface area contributed by atoms with Crippen molar-refractivity contribution in [1.82, 2.24) is 0 Å². The van der Waals surface area contributed by atoms with Crippen molar-refractivity contribution < 1.29 is 19.8 Å². The van der Waals surface area contributed by atoms with Crippen molar-refractivity contribution in [3.63, 3.8) is 0 Å². The molecule has 0 fully saturated rings. The van der Waals surface area contributed by atoms with Gasteiger partial charge in [-0.25, -0.2) is 4.79 Å². The fourth-order valence-corrected chi connectivity index (χ4v) is 2.44. The van der Waals surface area contributed by atoms with Gasteiger partial charge in [0.2, 0.25) is 0 Å². The molecule has 0 unspecified atom stereocenters. The Bertz CT molecular complexity index is 731. The maximum Gasteiger partial charge on any atom is 0.339 e. The lowest BCUT2D eigenvalue weighted by atomic mass is 10.1. The summed E-state index contributed by atoms with van der Waals surface area (Å²) < 4.78 is 1.35. The first-order valence-corrected chi connectivity index (χ1v) is 7.30. The van der Waals surface area contributed by atoms with Crippen LogP contribution in [0.4, 0.5) is 5.69 Å². The van der Waals surface area contributed by atoms with E-state index in [0.717, 1.165) is 4.47 Å². The molecule has 0 heterocycles. The van der Waals surface area contributed by atoms with Gasteiger partial charge in [0.15, 0.2) is 0 Å². The maximum absolute atomic E-state index is 12.2. The van der Waals surface area contributed by atoms with Gasteiger partial charge in [-0.2, -0.15) is 0 Å². The number of carboxylic acid groups (broad SMARTS) is 1. The molecule has 5 nitrogen and oxygen atoms in total. The molecule has 0 spiro atoms. The van der Waals surface area contributed by atoms with Gasteiger partial charge in [-0.3, -0.25) is 4.79 Å². The number of carbonyl (C=O) groups is 2. The van der Waals surface area contributed by atoms with Crippen LogP contribution >= 0.6 is 31.9 Å². The van der Waals surface area contributed by atoms with Gasteiger partial charge in [-0.1, -0.05) is 15.9 Å². The largest absolute Gasteiger partial charge is 0.507 e. The molecule has 0 aliphatic carbocycles. The van der Waals surface area contributed by atoms with Gasteiger partial charge in [-0.05, 0) is 52.3 Å². The second kappa shape index (κ2) is 6.28. The summed E-state index contributed by atoms with van der Waals surface area (Å²) >= 11 is 6.56. The van der Waals surface area contributed by atoms with Gasteiger partial charge in [0.25, 0.3) is 5.91 Å². The summed E-state index contributed by atoms with van der Waals surface area (Å²) in [6, 6.07) is 8.97. The van der Waals surface area contributed by atoms with Crippen molar-refractivity contribution in [2.45, 2.75) is 0 Å². The zero-order valence-electron chi connectivity index (χ0n) is 10.4. The number of halogens is 2. The highest BCUT2D eigenvalue weighted by atomic mass is 79.9. The van der Waals surface area contributed by atoms with Crippen LogP contribution < -0.4 is 5.32 Å². The third-order valence-electron chi connectivity index (χ3n) is 2.66. The average Bonchev–Trinajstić information content (AvgIpc) is 2.43. The van der Waals surface area contributed by atoms with E-state index in [9.17, 15) is 14.7 Å². The van der Waals surface area contributed by atoms with Crippen molar-refractivity contribution in [3.8, 4) is 5.75 Å². The number of amides is 1. The smallest absolute Gasteiger partial charge is 0.339 e. The van der Waals surface area contributed by atoms with E-state index in [0.29, 0.717) is 10.0 Å². The monoisotopic (exact) mass is 413 g/mol. The Labute approximate surface area is 136 Å². The predicted octanol–water partition coefficient (Wildman–Crippen LogP) is 3.87. The van der Waals surface area contributed by atoms with Crippen LogP contribution in [0.15, 0.2) is 45.3 Å². The molecule has 2 rings (SSSR count). The lowest BCUT2D eigenvalue weighted by Gasteiger charge is -2.09. The number of hydrogen-bond donors (Lipinski definition) is 3. The van der Waals surface area contributed by atoms with E-state index in [-0.39, 0.29) is 17.0 Å². The Hall–Kier alpha value is -1.86. The molecule has 1 amide bonds. The van der Waals surface area contributed by atoms with Crippen LogP contribution in [-0.2, 0) is 0 Å². The van der Waals surface area contributed by atoms with E-state index < -0.39 is 11.9 Å². The highest BCUT2D eigenvalue weighted by molar-refractivity contribution is 9.11. The average molecular weight is 415 g/mol. The molecule has 2 aromatic rings. The number of aromatic carboxylic acids is 1. The van der Waals surface area contributed by atoms with Crippen LogP contribution in [0.1, 0.15) is 20.7 Å². The summed E-state index contributed by atoms with van der Waals surface area (Å²) in [7, 11) is 0. The van der Waals surface area contributed by atoms with Crippen molar-refractivity contribution in [1.29, 1.82) is 0 Å². The molecule has 108 valence electrons. The normalized spacial score (nSPS) is 10.2. The number of aromatic hydroxyl groups is 1. The summed E-state index contributed by atoms with van der Waals surface area (Å²) in [6.07, 6.45) is 0. The first kappa shape index (κ1) is 15.5. The molecule has 0 aliphatic rings. The molecular weight excluding hydrogens is 406 g/mol. The van der Waals surface area contributed by atoms with E-state index >= 15 is 0 Å². The van der Waals surface area contributed by atoms with Gasteiger partial charge in [-0.15, -0.1) is 0 Å². The number of carboxylic acids is 1. The molecule has 0 atom stereocenters. The SMILES string of the molecule is O=C(O)c1cc(NC(=O)c2cc(Br)ccc2Br)ccc1O. The Morgan fingerprint density at radius 3 is 2.38 bits per heavy atom. The van der Waals surface area contributed by atoms with E-state index in [2.05, 4.69) is 37.2 Å². The molecule has 3 N–H and O–H groups in total. The molecule has 0 aliphatic heterocycles. The number of phenols is 1. The fraction of sp³-hybridized carbons (Fsp3) is 0. The number of carbonyl (C=O) groups excluding carboxylic acids is 1. The second-order valence-corrected chi connectivity index (χ2v) is 5.89. The Kier molecular flexibility index (Phi) is 4.64. The number of hydrogen-bond acceptors (Lipinski definition) is 3. The van der Waals surface area contributed by atoms with Crippen LogP contribution in [0, 0.1) is 0 Å². The number of nitrogens with one attached hydrogen (secondary N) is 1. The second-order valence-electron chi connectivity index (χ2n) is 4.12. The first-order valence-electron chi connectivity index (χ1n) is 5.71. The summed E-state index contributed by atoms with van der Waals surface area (Å²) in [5.41, 5.74) is 0.400. The van der Waals surface area contributed by atoms with Gasteiger partial charge in [0.05, 0.1) is 5.56 Å². The molecule has 0 saturated heterocycles. The van der Waals surface area contributed by atoms with Crippen molar-refractivity contribution in [2.24, 2.45) is 0 Å². The van der Waals surface area contributed by atoms with Crippen LogP contribution in [0.3, 0.4) is 0 Å². The van der Waals surface area contributed by atoms with Crippen molar-refractivity contribution >= 4 is 49.4 Å². The minimum absolute atomic E-state index is 0.277. The van der Waals surface area contributed by atoms with Crippen LogP contribution in [-0.4, -0.2) is 22.1 Å². The quantitative estimate of drug-likeness (QED) is 0.665. The van der Waals surface area contributed by atoms with Gasteiger partial charge in [0, 0.05) is 14.6 Å². The topological polar surface area (TPSA) is 86.6 Å². The third-order valence-corrected chi connectivity index (χ3v) is 3.84. The number of rotatable bonds is 3. The van der Waals surface area contributed by atoms with Gasteiger partial charge < -0.3 is 15.5 Å². The number of anilines is 1. The summed E-state index contributed by atoms with van der Waals surface area (Å²) in [5.74, 6) is -2.03. The summed E-state index contributed by atoms with van der Waals surface area (Å²) in [4.78, 5) is 23.1. The van der Waals surface area contributed by atoms with Crippen LogP contribution in [0.25, 0.3) is 0 Å². The Balaban J connectivity index is 2.29. The van der Waals surface area contributed by atoms with E-state index in [1.165, 1.54) is 18.2 Å². The summed E-state index contributed by atoms with van der Waals surface area (Å²) in [6.45, 7) is 0. The lowest BCUT2D eigenvalue weighted by molar-refractivity contribution is 0.0693. The highest BCUT2D eigenvalue weighted by Gasteiger charge is 2.14. The third kappa shape index (κ3) is 3.62. The minimum Gasteiger partial charge on any atom is -0.507 e. The molecule has 0 bridgehead atoms. The number of benzene rings is 2. The van der Waals surface area contributed by atoms with Crippen LogP contribution in [0.2, 0.25) is 0 Å². The molecule has 21 heavy (non-hydrogen) atoms. The van der Waals surface area contributed by atoms with Gasteiger partial charge in [0.1, 0.15) is 11.3 Å². The van der Waals surface area contributed by atoms with E-state index in [1.807, 2.05) is 0 Å². The first-order chi connectivity index (χ1) is 9.88. The fourth-order valence-electron chi connectivity index (χ4n) is 1.66. The summed E-state index contributed by atoms with van der Waals surface area (Å²) in [5, 5.41) is 20.9. The van der Waals surface area contributed by atoms with Crippen molar-refractivity contribution in [3.05, 3.63) is 56.5 Å².